The smallest absolute Gasteiger partial charge is 0.220 e. The zero-order valence-electron chi connectivity index (χ0n) is 14.3. The number of aryl methyl sites for hydroxylation is 2. The molecule has 0 heterocycles. The Morgan fingerprint density at radius 3 is 2.25 bits per heavy atom. The second kappa shape index (κ2) is 9.08. The van der Waals surface area contributed by atoms with E-state index in [2.05, 4.69) is 12.2 Å². The summed E-state index contributed by atoms with van der Waals surface area (Å²) in [6.45, 7) is 1.99. The lowest BCUT2D eigenvalue weighted by Gasteiger charge is -2.17. The van der Waals surface area contributed by atoms with Crippen LogP contribution in [0, 0.1) is 0 Å². The maximum Gasteiger partial charge on any atom is 0.220 e. The normalized spacial score (nSPS) is 11.8. The number of carbonyl (C=O) groups excluding carboxylic acids is 1. The summed E-state index contributed by atoms with van der Waals surface area (Å²) in [5.41, 5.74) is 3.24. The second-order valence-corrected chi connectivity index (χ2v) is 5.75. The Labute approximate surface area is 143 Å². The summed E-state index contributed by atoms with van der Waals surface area (Å²) >= 11 is 0. The molecule has 2 aromatic carbocycles. The van der Waals surface area contributed by atoms with Crippen LogP contribution >= 0.6 is 0 Å². The summed E-state index contributed by atoms with van der Waals surface area (Å²) < 4.78 is 5.12. The summed E-state index contributed by atoms with van der Waals surface area (Å²) in [5.74, 6) is 0.739. The average Bonchev–Trinajstić information content (AvgIpc) is 2.65. The first-order chi connectivity index (χ1) is 11.7. The van der Waals surface area contributed by atoms with Gasteiger partial charge in [-0.3, -0.25) is 4.79 Å². The van der Waals surface area contributed by atoms with Crippen LogP contribution in [0.2, 0.25) is 0 Å². The number of hydrogen-bond acceptors (Lipinski definition) is 3. The van der Waals surface area contributed by atoms with Crippen LogP contribution < -0.4 is 10.1 Å². The molecular formula is C20H25NO3. The van der Waals surface area contributed by atoms with Gasteiger partial charge in [-0.25, -0.2) is 0 Å². The van der Waals surface area contributed by atoms with Gasteiger partial charge in [-0.2, -0.15) is 0 Å². The third kappa shape index (κ3) is 5.10. The molecule has 2 aromatic rings. The lowest BCUT2D eigenvalue weighted by Crippen LogP contribution is -2.30. The van der Waals surface area contributed by atoms with Crippen LogP contribution in [0.4, 0.5) is 0 Å². The lowest BCUT2D eigenvalue weighted by molar-refractivity contribution is -0.122. The highest BCUT2D eigenvalue weighted by Gasteiger charge is 2.13. The molecule has 1 amide bonds. The van der Waals surface area contributed by atoms with Crippen molar-refractivity contribution in [2.75, 3.05) is 13.7 Å². The molecule has 2 N–H and O–H groups in total. The fourth-order valence-corrected chi connectivity index (χ4v) is 2.54. The molecule has 0 aliphatic heterocycles. The zero-order valence-corrected chi connectivity index (χ0v) is 14.3. The number of methoxy groups -OCH3 is 1. The molecule has 0 aliphatic rings. The van der Waals surface area contributed by atoms with Crippen molar-refractivity contribution in [2.24, 2.45) is 0 Å². The average molecular weight is 327 g/mol. The van der Waals surface area contributed by atoms with E-state index < -0.39 is 0 Å². The summed E-state index contributed by atoms with van der Waals surface area (Å²) in [4.78, 5) is 12.2. The van der Waals surface area contributed by atoms with Gasteiger partial charge in [0.2, 0.25) is 5.91 Å². The van der Waals surface area contributed by atoms with E-state index in [0.717, 1.165) is 23.3 Å². The highest BCUT2D eigenvalue weighted by atomic mass is 16.5. The van der Waals surface area contributed by atoms with Crippen molar-refractivity contribution in [1.29, 1.82) is 0 Å². The molecule has 0 fully saturated rings. The molecule has 0 aromatic heterocycles. The molecule has 0 bridgehead atoms. The Hall–Kier alpha value is -2.33. The highest BCUT2D eigenvalue weighted by Crippen LogP contribution is 2.15. The topological polar surface area (TPSA) is 58.6 Å². The van der Waals surface area contributed by atoms with Crippen molar-refractivity contribution in [2.45, 2.75) is 32.2 Å². The van der Waals surface area contributed by atoms with E-state index in [9.17, 15) is 9.90 Å². The number of rotatable bonds is 8. The van der Waals surface area contributed by atoms with Gasteiger partial charge in [-0.1, -0.05) is 43.3 Å². The van der Waals surface area contributed by atoms with Crippen LogP contribution in [0.5, 0.6) is 5.75 Å². The van der Waals surface area contributed by atoms with Gasteiger partial charge in [0.05, 0.1) is 19.8 Å². The van der Waals surface area contributed by atoms with Crippen LogP contribution in [0.3, 0.4) is 0 Å². The molecule has 0 radical (unpaired) electrons. The van der Waals surface area contributed by atoms with Gasteiger partial charge in [-0.05, 0) is 41.7 Å². The van der Waals surface area contributed by atoms with Crippen LogP contribution in [0.15, 0.2) is 48.5 Å². The van der Waals surface area contributed by atoms with Gasteiger partial charge in [-0.15, -0.1) is 0 Å². The monoisotopic (exact) mass is 327 g/mol. The molecule has 0 saturated heterocycles. The number of aliphatic hydroxyl groups is 1. The van der Waals surface area contributed by atoms with Crippen LogP contribution in [0.1, 0.15) is 36.1 Å². The number of benzene rings is 2. The molecular weight excluding hydrogens is 302 g/mol. The van der Waals surface area contributed by atoms with Crippen molar-refractivity contribution in [1.82, 2.24) is 5.32 Å². The minimum absolute atomic E-state index is 0.0653. The van der Waals surface area contributed by atoms with E-state index in [1.165, 1.54) is 5.56 Å². The van der Waals surface area contributed by atoms with E-state index in [1.807, 2.05) is 48.5 Å². The van der Waals surface area contributed by atoms with Gasteiger partial charge >= 0.3 is 0 Å². The Morgan fingerprint density at radius 2 is 1.71 bits per heavy atom. The van der Waals surface area contributed by atoms with E-state index in [1.54, 1.807) is 7.11 Å². The van der Waals surface area contributed by atoms with Crippen LogP contribution in [-0.2, 0) is 17.6 Å². The third-order valence-corrected chi connectivity index (χ3v) is 4.11. The molecule has 0 aliphatic carbocycles. The predicted octanol–water partition coefficient (Wildman–Crippen LogP) is 3.04. The summed E-state index contributed by atoms with van der Waals surface area (Å²) in [7, 11) is 1.63. The van der Waals surface area contributed by atoms with Gasteiger partial charge in [0.1, 0.15) is 5.75 Å². The van der Waals surface area contributed by atoms with E-state index in [0.29, 0.717) is 12.8 Å². The second-order valence-electron chi connectivity index (χ2n) is 5.75. The number of carbonyl (C=O) groups is 1. The number of nitrogens with one attached hydrogen (secondary N) is 1. The third-order valence-electron chi connectivity index (χ3n) is 4.11. The van der Waals surface area contributed by atoms with Crippen LogP contribution in [0.25, 0.3) is 0 Å². The van der Waals surface area contributed by atoms with Gasteiger partial charge < -0.3 is 15.2 Å². The maximum atomic E-state index is 12.2. The minimum atomic E-state index is -0.362. The van der Waals surface area contributed by atoms with Crippen LogP contribution in [-0.4, -0.2) is 24.7 Å². The lowest BCUT2D eigenvalue weighted by atomic mass is 10.0. The Balaban J connectivity index is 1.88. The number of aliphatic hydroxyl groups excluding tert-OH is 1. The number of hydrogen-bond donors (Lipinski definition) is 2. The van der Waals surface area contributed by atoms with E-state index >= 15 is 0 Å². The minimum Gasteiger partial charge on any atom is -0.497 e. The van der Waals surface area contributed by atoms with Gasteiger partial charge in [0.25, 0.3) is 0 Å². The van der Waals surface area contributed by atoms with Crippen molar-refractivity contribution in [3.63, 3.8) is 0 Å². The first-order valence-corrected chi connectivity index (χ1v) is 8.28. The van der Waals surface area contributed by atoms with Crippen molar-refractivity contribution >= 4 is 5.91 Å². The largest absolute Gasteiger partial charge is 0.497 e. The molecule has 0 saturated carbocycles. The van der Waals surface area contributed by atoms with E-state index in [4.69, 9.17) is 4.74 Å². The number of amides is 1. The molecule has 1 atom stereocenters. The Bertz CT molecular complexity index is 635. The van der Waals surface area contributed by atoms with Gasteiger partial charge in [0.15, 0.2) is 0 Å². The van der Waals surface area contributed by atoms with Gasteiger partial charge in [0, 0.05) is 6.42 Å². The maximum absolute atomic E-state index is 12.2. The predicted molar refractivity (Wildman–Crippen MR) is 95.1 cm³/mol. The fourth-order valence-electron chi connectivity index (χ4n) is 2.54. The number of ether oxygens (including phenoxy) is 1. The molecule has 2 rings (SSSR count). The highest BCUT2D eigenvalue weighted by molar-refractivity contribution is 5.76. The molecule has 0 spiro atoms. The van der Waals surface area contributed by atoms with Crippen molar-refractivity contribution < 1.29 is 14.6 Å². The summed E-state index contributed by atoms with van der Waals surface area (Å²) in [6.07, 6.45) is 2.01. The Morgan fingerprint density at radius 1 is 1.08 bits per heavy atom. The summed E-state index contributed by atoms with van der Waals surface area (Å²) in [6, 6.07) is 15.3. The van der Waals surface area contributed by atoms with E-state index in [-0.39, 0.29) is 18.6 Å². The summed E-state index contributed by atoms with van der Waals surface area (Å²) in [5, 5.41) is 12.5. The van der Waals surface area contributed by atoms with Crippen molar-refractivity contribution in [3.8, 4) is 5.75 Å². The molecule has 4 heteroatoms. The molecule has 128 valence electrons. The quantitative estimate of drug-likeness (QED) is 0.783. The first-order valence-electron chi connectivity index (χ1n) is 8.28. The first kappa shape index (κ1) is 18.0. The Kier molecular flexibility index (Phi) is 6.82. The SMILES string of the molecule is CCc1ccc(C(CO)NC(=O)CCc2ccc(OC)cc2)cc1. The fraction of sp³-hybridized carbons (Fsp3) is 0.350. The molecule has 1 unspecified atom stereocenters. The standard InChI is InChI=1S/C20H25NO3/c1-3-15-4-9-17(10-5-15)19(14-22)21-20(23)13-8-16-6-11-18(24-2)12-7-16/h4-7,9-12,19,22H,3,8,13-14H2,1-2H3,(H,21,23). The molecule has 4 nitrogen and oxygen atoms in total. The zero-order chi connectivity index (χ0) is 17.4. The van der Waals surface area contributed by atoms with Crippen molar-refractivity contribution in [3.05, 3.63) is 65.2 Å². The molecule has 24 heavy (non-hydrogen) atoms.